The molecule has 0 saturated carbocycles. The van der Waals surface area contributed by atoms with Gasteiger partial charge < -0.3 is 9.64 Å². The Morgan fingerprint density at radius 2 is 1.79 bits per heavy atom. The normalized spacial score (nSPS) is 16.7. The Morgan fingerprint density at radius 1 is 1.05 bits per heavy atom. The lowest BCUT2D eigenvalue weighted by Gasteiger charge is -2.26. The van der Waals surface area contributed by atoms with Gasteiger partial charge in [0.2, 0.25) is 0 Å². The van der Waals surface area contributed by atoms with Crippen molar-refractivity contribution in [1.82, 2.24) is 4.90 Å². The quantitative estimate of drug-likeness (QED) is 0.559. The van der Waals surface area contributed by atoms with Crippen LogP contribution < -0.4 is 0 Å². The zero-order valence-corrected chi connectivity index (χ0v) is 12.8. The number of likely N-dealkylation sites (tertiary alicyclic amines) is 1. The van der Waals surface area contributed by atoms with Gasteiger partial charge in [0.25, 0.3) is 0 Å². The van der Waals surface area contributed by atoms with E-state index in [4.69, 9.17) is 4.74 Å². The van der Waals surface area contributed by atoms with Crippen molar-refractivity contribution in [3.8, 4) is 0 Å². The molecule has 2 nitrogen and oxygen atoms in total. The van der Waals surface area contributed by atoms with Gasteiger partial charge in [-0.25, -0.2) is 0 Å². The van der Waals surface area contributed by atoms with Gasteiger partial charge in [0.05, 0.1) is 13.2 Å². The van der Waals surface area contributed by atoms with Crippen LogP contribution in [0.15, 0.2) is 29.2 Å². The zero-order chi connectivity index (χ0) is 13.3. The molecular formula is C16H25NOS. The highest BCUT2D eigenvalue weighted by Gasteiger charge is 2.08. The van der Waals surface area contributed by atoms with Crippen LogP contribution in [0.1, 0.15) is 24.8 Å². The first kappa shape index (κ1) is 14.9. The first-order valence-electron chi connectivity index (χ1n) is 7.34. The second-order valence-electron chi connectivity index (χ2n) is 5.18. The number of hydrogen-bond acceptors (Lipinski definition) is 3. The lowest BCUT2D eigenvalue weighted by atomic mass is 10.1. The fourth-order valence-corrected chi connectivity index (χ4v) is 3.10. The van der Waals surface area contributed by atoms with Crippen LogP contribution in [0.3, 0.4) is 0 Å². The molecule has 0 bridgehead atoms. The second kappa shape index (κ2) is 8.62. The molecule has 0 radical (unpaired) electrons. The molecular weight excluding hydrogens is 254 g/mol. The lowest BCUT2D eigenvalue weighted by molar-refractivity contribution is 0.107. The van der Waals surface area contributed by atoms with Gasteiger partial charge in [-0.05, 0) is 45.0 Å². The van der Waals surface area contributed by atoms with Gasteiger partial charge in [-0.2, -0.15) is 0 Å². The zero-order valence-electron chi connectivity index (χ0n) is 11.9. The molecule has 1 aromatic rings. The fraction of sp³-hybridized carbons (Fsp3) is 0.625. The largest absolute Gasteiger partial charge is 0.379 e. The number of thioether (sulfide) groups is 1. The van der Waals surface area contributed by atoms with Crippen LogP contribution in [-0.2, 0) is 4.74 Å². The summed E-state index contributed by atoms with van der Waals surface area (Å²) in [5, 5.41) is 0. The van der Waals surface area contributed by atoms with E-state index in [-0.39, 0.29) is 0 Å². The molecule has 0 atom stereocenters. The third-order valence-corrected chi connectivity index (χ3v) is 4.49. The molecule has 0 aromatic heterocycles. The number of aryl methyl sites for hydroxylation is 1. The van der Waals surface area contributed by atoms with E-state index in [1.807, 2.05) is 11.8 Å². The van der Waals surface area contributed by atoms with Crippen molar-refractivity contribution >= 4 is 11.8 Å². The molecule has 1 saturated heterocycles. The van der Waals surface area contributed by atoms with Crippen LogP contribution in [0.5, 0.6) is 0 Å². The van der Waals surface area contributed by atoms with Gasteiger partial charge in [-0.1, -0.05) is 24.1 Å². The Hall–Kier alpha value is -0.510. The van der Waals surface area contributed by atoms with Crippen LogP contribution in [0.25, 0.3) is 0 Å². The Morgan fingerprint density at radius 3 is 2.53 bits per heavy atom. The smallest absolute Gasteiger partial charge is 0.0593 e. The molecule has 0 aliphatic carbocycles. The summed E-state index contributed by atoms with van der Waals surface area (Å²) in [5.41, 5.74) is 1.32. The van der Waals surface area contributed by atoms with E-state index < -0.39 is 0 Å². The van der Waals surface area contributed by atoms with Gasteiger partial charge in [0, 0.05) is 17.2 Å². The summed E-state index contributed by atoms with van der Waals surface area (Å²) in [4.78, 5) is 3.86. The van der Waals surface area contributed by atoms with Crippen molar-refractivity contribution in [2.24, 2.45) is 0 Å². The number of rotatable bonds is 7. The predicted molar refractivity (Wildman–Crippen MR) is 83.0 cm³/mol. The number of hydrogen-bond donors (Lipinski definition) is 0. The highest BCUT2D eigenvalue weighted by Crippen LogP contribution is 2.17. The summed E-state index contributed by atoms with van der Waals surface area (Å²) >= 11 is 1.88. The lowest BCUT2D eigenvalue weighted by Crippen LogP contribution is -2.32. The molecule has 0 N–H and O–H groups in total. The van der Waals surface area contributed by atoms with Crippen LogP contribution >= 0.6 is 11.8 Å². The summed E-state index contributed by atoms with van der Waals surface area (Å²) in [7, 11) is 0. The minimum absolute atomic E-state index is 0.854. The first-order valence-corrected chi connectivity index (χ1v) is 8.33. The number of piperidine rings is 1. The van der Waals surface area contributed by atoms with Crippen molar-refractivity contribution < 1.29 is 4.74 Å². The molecule has 2 rings (SSSR count). The summed E-state index contributed by atoms with van der Waals surface area (Å²) < 4.78 is 5.72. The molecule has 0 spiro atoms. The SMILES string of the molecule is Cc1ccc(SCCOCCN2CCCCC2)cc1. The Bertz CT molecular complexity index is 346. The number of ether oxygens (including phenoxy) is 1. The second-order valence-corrected chi connectivity index (χ2v) is 6.34. The maximum Gasteiger partial charge on any atom is 0.0593 e. The molecule has 1 aliphatic heterocycles. The maximum atomic E-state index is 5.72. The van der Waals surface area contributed by atoms with Crippen molar-refractivity contribution in [3.05, 3.63) is 29.8 Å². The average molecular weight is 279 g/mol. The molecule has 1 aromatic carbocycles. The summed E-state index contributed by atoms with van der Waals surface area (Å²) in [5.74, 6) is 1.04. The molecule has 0 amide bonds. The third-order valence-electron chi connectivity index (χ3n) is 3.52. The van der Waals surface area contributed by atoms with Crippen LogP contribution in [-0.4, -0.2) is 43.5 Å². The van der Waals surface area contributed by atoms with Crippen molar-refractivity contribution in [2.75, 3.05) is 38.6 Å². The molecule has 1 heterocycles. The monoisotopic (exact) mass is 279 g/mol. The summed E-state index contributed by atoms with van der Waals surface area (Å²) in [6.45, 7) is 7.50. The molecule has 106 valence electrons. The Labute approximate surface area is 121 Å². The van der Waals surface area contributed by atoms with E-state index in [1.165, 1.54) is 42.8 Å². The number of benzene rings is 1. The standard InChI is InChI=1S/C16H25NOS/c1-15-5-7-16(8-6-15)19-14-13-18-12-11-17-9-3-2-4-10-17/h5-8H,2-4,9-14H2,1H3. The Balaban J connectivity index is 1.49. The van der Waals surface area contributed by atoms with E-state index in [2.05, 4.69) is 36.1 Å². The van der Waals surface area contributed by atoms with E-state index >= 15 is 0 Å². The highest BCUT2D eigenvalue weighted by molar-refractivity contribution is 7.99. The fourth-order valence-electron chi connectivity index (χ4n) is 2.33. The first-order chi connectivity index (χ1) is 9.34. The van der Waals surface area contributed by atoms with Gasteiger partial charge in [-0.15, -0.1) is 11.8 Å². The van der Waals surface area contributed by atoms with Gasteiger partial charge in [0.15, 0.2) is 0 Å². The summed E-state index contributed by atoms with van der Waals surface area (Å²) in [6, 6.07) is 8.71. The minimum Gasteiger partial charge on any atom is -0.379 e. The molecule has 1 fully saturated rings. The van der Waals surface area contributed by atoms with E-state index in [0.717, 1.165) is 25.5 Å². The van der Waals surface area contributed by atoms with Gasteiger partial charge in [-0.3, -0.25) is 0 Å². The molecule has 1 aliphatic rings. The van der Waals surface area contributed by atoms with Gasteiger partial charge in [0.1, 0.15) is 0 Å². The highest BCUT2D eigenvalue weighted by atomic mass is 32.2. The maximum absolute atomic E-state index is 5.72. The predicted octanol–water partition coefficient (Wildman–Crippen LogP) is 3.59. The minimum atomic E-state index is 0.854. The number of nitrogens with zero attached hydrogens (tertiary/aromatic N) is 1. The van der Waals surface area contributed by atoms with E-state index in [9.17, 15) is 0 Å². The van der Waals surface area contributed by atoms with Crippen LogP contribution in [0.4, 0.5) is 0 Å². The summed E-state index contributed by atoms with van der Waals surface area (Å²) in [6.07, 6.45) is 4.14. The van der Waals surface area contributed by atoms with Gasteiger partial charge >= 0.3 is 0 Å². The topological polar surface area (TPSA) is 12.5 Å². The average Bonchev–Trinajstić information content (AvgIpc) is 2.46. The van der Waals surface area contributed by atoms with Crippen molar-refractivity contribution in [1.29, 1.82) is 0 Å². The van der Waals surface area contributed by atoms with E-state index in [0.29, 0.717) is 0 Å². The molecule has 19 heavy (non-hydrogen) atoms. The Kier molecular flexibility index (Phi) is 6.75. The molecule has 3 heteroatoms. The third kappa shape index (κ3) is 5.98. The van der Waals surface area contributed by atoms with Crippen LogP contribution in [0.2, 0.25) is 0 Å². The molecule has 0 unspecified atom stereocenters. The van der Waals surface area contributed by atoms with E-state index in [1.54, 1.807) is 0 Å². The van der Waals surface area contributed by atoms with Crippen molar-refractivity contribution in [2.45, 2.75) is 31.1 Å². The van der Waals surface area contributed by atoms with Crippen molar-refractivity contribution in [3.63, 3.8) is 0 Å². The van der Waals surface area contributed by atoms with Crippen LogP contribution in [0, 0.1) is 6.92 Å².